The fourth-order valence-corrected chi connectivity index (χ4v) is 1.59. The van der Waals surface area contributed by atoms with E-state index in [0.717, 1.165) is 5.92 Å². The quantitative estimate of drug-likeness (QED) is 0.500. The zero-order valence-corrected chi connectivity index (χ0v) is 7.42. The summed E-state index contributed by atoms with van der Waals surface area (Å²) < 4.78 is 0. The first-order valence-electron chi connectivity index (χ1n) is 4.73. The molecule has 11 heavy (non-hydrogen) atoms. The van der Waals surface area contributed by atoms with E-state index in [2.05, 4.69) is 31.2 Å². The molecule has 0 heteroatoms. The summed E-state index contributed by atoms with van der Waals surface area (Å²) in [5.41, 5.74) is 0. The van der Waals surface area contributed by atoms with Gasteiger partial charge in [-0.05, 0) is 32.1 Å². The number of hydrogen-bond acceptors (Lipinski definition) is 0. The summed E-state index contributed by atoms with van der Waals surface area (Å²) >= 11 is 0. The smallest absolute Gasteiger partial charge is 0.00536 e. The second kappa shape index (κ2) is 5.17. The zero-order valence-electron chi connectivity index (χ0n) is 7.42. The second-order valence-electron chi connectivity index (χ2n) is 3.26. The van der Waals surface area contributed by atoms with Gasteiger partial charge < -0.3 is 0 Å². The zero-order chi connectivity index (χ0) is 7.94. The highest BCUT2D eigenvalue weighted by Crippen LogP contribution is 2.17. The number of rotatable bonds is 1. The molecule has 0 nitrogen and oxygen atoms in total. The molecule has 0 fully saturated rings. The van der Waals surface area contributed by atoms with E-state index >= 15 is 0 Å². The minimum atomic E-state index is 0.722. The van der Waals surface area contributed by atoms with Crippen LogP contribution < -0.4 is 0 Å². The Bertz CT molecular complexity index is 142. The van der Waals surface area contributed by atoms with Crippen LogP contribution in [-0.4, -0.2) is 0 Å². The summed E-state index contributed by atoms with van der Waals surface area (Å²) in [6, 6.07) is 0. The van der Waals surface area contributed by atoms with Crippen molar-refractivity contribution >= 4 is 0 Å². The molecule has 0 spiro atoms. The lowest BCUT2D eigenvalue weighted by molar-refractivity contribution is 0.582. The highest BCUT2D eigenvalue weighted by Gasteiger charge is 2.01. The Kier molecular flexibility index (Phi) is 4.03. The summed E-state index contributed by atoms with van der Waals surface area (Å²) in [4.78, 5) is 0. The van der Waals surface area contributed by atoms with Crippen LogP contribution in [0.3, 0.4) is 0 Å². The molecular formula is C11H18. The maximum atomic E-state index is 2.36. The van der Waals surface area contributed by atoms with E-state index in [9.17, 15) is 0 Å². The van der Waals surface area contributed by atoms with Crippen LogP contribution in [0, 0.1) is 5.92 Å². The molecule has 62 valence electrons. The molecule has 0 bridgehead atoms. The fourth-order valence-electron chi connectivity index (χ4n) is 1.59. The maximum Gasteiger partial charge on any atom is -0.00536 e. The largest absolute Gasteiger partial charge is 0.0911 e. The van der Waals surface area contributed by atoms with Gasteiger partial charge in [0, 0.05) is 0 Å². The summed E-state index contributed by atoms with van der Waals surface area (Å²) in [7, 11) is 0. The molecule has 0 saturated carbocycles. The first kappa shape index (κ1) is 8.58. The summed E-state index contributed by atoms with van der Waals surface area (Å²) in [5.74, 6) is 0.722. The van der Waals surface area contributed by atoms with Gasteiger partial charge in [-0.1, -0.05) is 37.1 Å². The van der Waals surface area contributed by atoms with E-state index in [1.165, 1.54) is 32.1 Å². The monoisotopic (exact) mass is 150 g/mol. The summed E-state index contributed by atoms with van der Waals surface area (Å²) in [6.07, 6.45) is 16.0. The van der Waals surface area contributed by atoms with Gasteiger partial charge in [0.1, 0.15) is 0 Å². The van der Waals surface area contributed by atoms with Gasteiger partial charge >= 0.3 is 0 Å². The molecule has 0 aromatic heterocycles. The third-order valence-electron chi connectivity index (χ3n) is 2.23. The molecular weight excluding hydrogens is 132 g/mol. The molecule has 1 unspecified atom stereocenters. The highest BCUT2D eigenvalue weighted by molar-refractivity contribution is 5.00. The Morgan fingerprint density at radius 2 is 2.18 bits per heavy atom. The first-order chi connectivity index (χ1) is 5.43. The Hall–Kier alpha value is -0.520. The van der Waals surface area contributed by atoms with Crippen molar-refractivity contribution in [2.45, 2.75) is 39.0 Å². The van der Waals surface area contributed by atoms with Crippen LogP contribution in [0.2, 0.25) is 0 Å². The van der Waals surface area contributed by atoms with Crippen LogP contribution >= 0.6 is 0 Å². The molecule has 0 heterocycles. The van der Waals surface area contributed by atoms with Crippen molar-refractivity contribution < 1.29 is 0 Å². The first-order valence-corrected chi connectivity index (χ1v) is 4.73. The number of allylic oxidation sites excluding steroid dienone is 4. The molecule has 0 aromatic carbocycles. The lowest BCUT2D eigenvalue weighted by Crippen LogP contribution is -1.94. The Morgan fingerprint density at radius 1 is 1.27 bits per heavy atom. The molecule has 0 saturated heterocycles. The maximum absolute atomic E-state index is 2.36. The topological polar surface area (TPSA) is 0 Å². The molecule has 1 atom stereocenters. The van der Waals surface area contributed by atoms with Gasteiger partial charge in [-0.25, -0.2) is 0 Å². The van der Waals surface area contributed by atoms with E-state index < -0.39 is 0 Å². The van der Waals surface area contributed by atoms with Crippen molar-refractivity contribution in [3.05, 3.63) is 24.3 Å². The van der Waals surface area contributed by atoms with Gasteiger partial charge in [0.15, 0.2) is 0 Å². The van der Waals surface area contributed by atoms with Gasteiger partial charge in [0.05, 0.1) is 0 Å². The molecule has 1 rings (SSSR count). The molecule has 0 aliphatic heterocycles. The average molecular weight is 150 g/mol. The third kappa shape index (κ3) is 3.41. The van der Waals surface area contributed by atoms with Crippen molar-refractivity contribution in [3.63, 3.8) is 0 Å². The summed E-state index contributed by atoms with van der Waals surface area (Å²) in [6.45, 7) is 2.10. The van der Waals surface area contributed by atoms with E-state index in [0.29, 0.717) is 0 Å². The van der Waals surface area contributed by atoms with Crippen molar-refractivity contribution in [3.8, 4) is 0 Å². The van der Waals surface area contributed by atoms with Gasteiger partial charge in [0.2, 0.25) is 0 Å². The second-order valence-corrected chi connectivity index (χ2v) is 3.26. The van der Waals surface area contributed by atoms with Crippen LogP contribution in [0.5, 0.6) is 0 Å². The van der Waals surface area contributed by atoms with Crippen LogP contribution in [0.25, 0.3) is 0 Å². The van der Waals surface area contributed by atoms with Crippen LogP contribution in [-0.2, 0) is 0 Å². The standard InChI is InChI=1S/C11H18/c1-2-8-11-9-6-4-3-5-7-10-11/h2,6,8-9,11H,3-5,7,10H2,1H3. The lowest BCUT2D eigenvalue weighted by Gasteiger charge is -2.09. The average Bonchev–Trinajstić information content (AvgIpc) is 1.94. The Labute approximate surface area is 70.0 Å². The van der Waals surface area contributed by atoms with E-state index in [4.69, 9.17) is 0 Å². The normalized spacial score (nSPS) is 26.8. The molecule has 1 aliphatic carbocycles. The fraction of sp³-hybridized carbons (Fsp3) is 0.636. The predicted molar refractivity (Wildman–Crippen MR) is 50.5 cm³/mol. The van der Waals surface area contributed by atoms with E-state index in [1.54, 1.807) is 0 Å². The van der Waals surface area contributed by atoms with Gasteiger partial charge in [0.25, 0.3) is 0 Å². The third-order valence-corrected chi connectivity index (χ3v) is 2.23. The van der Waals surface area contributed by atoms with Crippen LogP contribution in [0.1, 0.15) is 39.0 Å². The van der Waals surface area contributed by atoms with Crippen LogP contribution in [0.4, 0.5) is 0 Å². The van der Waals surface area contributed by atoms with Gasteiger partial charge in [-0.3, -0.25) is 0 Å². The Balaban J connectivity index is 2.41. The van der Waals surface area contributed by atoms with E-state index in [-0.39, 0.29) is 0 Å². The van der Waals surface area contributed by atoms with Gasteiger partial charge in [-0.15, -0.1) is 0 Å². The lowest BCUT2D eigenvalue weighted by atomic mass is 9.96. The molecule has 0 N–H and O–H groups in total. The SMILES string of the molecule is CC=CC1C=CCCCCC1. The van der Waals surface area contributed by atoms with Crippen LogP contribution in [0.15, 0.2) is 24.3 Å². The van der Waals surface area contributed by atoms with Crippen molar-refractivity contribution in [1.29, 1.82) is 0 Å². The van der Waals surface area contributed by atoms with Gasteiger partial charge in [-0.2, -0.15) is 0 Å². The Morgan fingerprint density at radius 3 is 3.00 bits per heavy atom. The highest BCUT2D eigenvalue weighted by atomic mass is 14.1. The van der Waals surface area contributed by atoms with Crippen molar-refractivity contribution in [1.82, 2.24) is 0 Å². The van der Waals surface area contributed by atoms with Crippen molar-refractivity contribution in [2.24, 2.45) is 5.92 Å². The molecule has 0 aromatic rings. The van der Waals surface area contributed by atoms with E-state index in [1.807, 2.05) is 0 Å². The summed E-state index contributed by atoms with van der Waals surface area (Å²) in [5, 5.41) is 0. The number of hydrogen-bond donors (Lipinski definition) is 0. The molecule has 0 amide bonds. The molecule has 0 radical (unpaired) electrons. The van der Waals surface area contributed by atoms with Crippen molar-refractivity contribution in [2.75, 3.05) is 0 Å². The minimum absolute atomic E-state index is 0.722. The minimum Gasteiger partial charge on any atom is -0.0911 e. The molecule has 1 aliphatic rings. The predicted octanol–water partition coefficient (Wildman–Crippen LogP) is 3.70.